The van der Waals surface area contributed by atoms with Crippen molar-refractivity contribution in [2.45, 2.75) is 42.7 Å². The molecule has 1 aliphatic heterocycles. The molecule has 122 valence electrons. The minimum Gasteiger partial charge on any atom is -0.389 e. The fraction of sp³-hybridized carbons (Fsp3) is 0.500. The quantitative estimate of drug-likeness (QED) is 0.561. The van der Waals surface area contributed by atoms with Crippen molar-refractivity contribution in [1.82, 2.24) is 0 Å². The molecule has 0 bridgehead atoms. The molecule has 0 amide bonds. The second-order valence-electron chi connectivity index (χ2n) is 5.34. The molecule has 0 aliphatic carbocycles. The van der Waals surface area contributed by atoms with Gasteiger partial charge in [0.15, 0.2) is 6.29 Å². The highest BCUT2D eigenvalue weighted by Gasteiger charge is 2.47. The first-order chi connectivity index (χ1) is 10.5. The van der Waals surface area contributed by atoms with Gasteiger partial charge >= 0.3 is 0 Å². The smallest absolute Gasteiger partial charge is 0.186 e. The molecule has 2 unspecified atom stereocenters. The molecule has 22 heavy (non-hydrogen) atoms. The van der Waals surface area contributed by atoms with Crippen molar-refractivity contribution in [3.63, 3.8) is 0 Å². The lowest BCUT2D eigenvalue weighted by atomic mass is 9.85. The minimum atomic E-state index is -1.47. The first-order valence-electron chi connectivity index (χ1n) is 7.09. The zero-order chi connectivity index (χ0) is 16.3. The van der Waals surface area contributed by atoms with Crippen LogP contribution in [0, 0.1) is 0 Å². The highest BCUT2D eigenvalue weighted by atomic mass is 16.7. The van der Waals surface area contributed by atoms with Crippen molar-refractivity contribution in [1.29, 1.82) is 0 Å². The van der Waals surface area contributed by atoms with Gasteiger partial charge in [0, 0.05) is 13.0 Å². The van der Waals surface area contributed by atoms with Crippen LogP contribution >= 0.6 is 0 Å². The summed E-state index contributed by atoms with van der Waals surface area (Å²) in [6, 6.07) is 9.15. The van der Waals surface area contributed by atoms with Crippen LogP contribution < -0.4 is 0 Å². The topological polar surface area (TPSA) is 99.4 Å². The van der Waals surface area contributed by atoms with E-state index in [-0.39, 0.29) is 0 Å². The van der Waals surface area contributed by atoms with Gasteiger partial charge in [-0.2, -0.15) is 0 Å². The lowest BCUT2D eigenvalue weighted by Crippen LogP contribution is -2.61. The monoisotopic (exact) mass is 310 g/mol. The second-order valence-corrected chi connectivity index (χ2v) is 5.34. The van der Waals surface area contributed by atoms with Gasteiger partial charge in [0.1, 0.15) is 24.4 Å². The molecule has 0 spiro atoms. The average Bonchev–Trinajstić information content (AvgIpc) is 2.54. The maximum atomic E-state index is 10.6. The van der Waals surface area contributed by atoms with E-state index in [4.69, 9.17) is 9.47 Å². The van der Waals surface area contributed by atoms with Crippen LogP contribution in [0.25, 0.3) is 0 Å². The number of hydrogen-bond donors (Lipinski definition) is 4. The van der Waals surface area contributed by atoms with E-state index in [1.54, 1.807) is 6.08 Å². The molecule has 1 aromatic carbocycles. The number of benzene rings is 1. The Labute approximate surface area is 129 Å². The van der Waals surface area contributed by atoms with Crippen molar-refractivity contribution >= 4 is 0 Å². The number of aliphatic hydroxyl groups excluding tert-OH is 4. The molecule has 1 aliphatic rings. The fourth-order valence-electron chi connectivity index (χ4n) is 2.70. The molecular formula is C16H22O6. The summed E-state index contributed by atoms with van der Waals surface area (Å²) in [5.41, 5.74) is 0.801. The summed E-state index contributed by atoms with van der Waals surface area (Å²) in [4.78, 5) is 0. The van der Waals surface area contributed by atoms with Crippen LogP contribution in [-0.4, -0.2) is 64.3 Å². The molecule has 6 nitrogen and oxygen atoms in total. The third-order valence-electron chi connectivity index (χ3n) is 3.98. The summed E-state index contributed by atoms with van der Waals surface area (Å²) >= 11 is 0. The van der Waals surface area contributed by atoms with Gasteiger partial charge in [-0.15, -0.1) is 6.58 Å². The van der Waals surface area contributed by atoms with Crippen LogP contribution in [0.2, 0.25) is 0 Å². The van der Waals surface area contributed by atoms with Crippen molar-refractivity contribution in [3.8, 4) is 0 Å². The van der Waals surface area contributed by atoms with E-state index >= 15 is 0 Å². The van der Waals surface area contributed by atoms with E-state index in [0.717, 1.165) is 5.56 Å². The summed E-state index contributed by atoms with van der Waals surface area (Å²) < 4.78 is 10.4. The summed E-state index contributed by atoms with van der Waals surface area (Å²) in [7, 11) is 1.31. The van der Waals surface area contributed by atoms with E-state index in [1.165, 1.54) is 7.11 Å². The predicted molar refractivity (Wildman–Crippen MR) is 79.1 cm³/mol. The lowest BCUT2D eigenvalue weighted by Gasteiger charge is -2.42. The van der Waals surface area contributed by atoms with Gasteiger partial charge in [-0.05, 0) is 5.56 Å². The standard InChI is InChI=1S/C16H22O6/c1-3-10(9-7-5-4-6-8-9)11(17)15-13(19)12(18)14(20)16(21-2)22-15/h3-8,10-20H,1H2,2H3/t10?,11?,12-,13+,14+,15+,16-/m0/s1. The summed E-state index contributed by atoms with van der Waals surface area (Å²) in [6.45, 7) is 3.71. The zero-order valence-electron chi connectivity index (χ0n) is 12.3. The number of ether oxygens (including phenoxy) is 2. The predicted octanol–water partition coefficient (Wildman–Crippen LogP) is -0.229. The maximum Gasteiger partial charge on any atom is 0.186 e. The van der Waals surface area contributed by atoms with Gasteiger partial charge in [0.05, 0.1) is 6.10 Å². The normalized spacial score (nSPS) is 34.9. The Balaban J connectivity index is 2.22. The highest BCUT2D eigenvalue weighted by molar-refractivity contribution is 5.25. The molecule has 1 saturated heterocycles. The fourth-order valence-corrected chi connectivity index (χ4v) is 2.70. The number of rotatable bonds is 5. The van der Waals surface area contributed by atoms with Crippen molar-refractivity contribution in [3.05, 3.63) is 48.6 Å². The van der Waals surface area contributed by atoms with Crippen LogP contribution in [0.4, 0.5) is 0 Å². The van der Waals surface area contributed by atoms with Gasteiger partial charge in [0.2, 0.25) is 0 Å². The maximum absolute atomic E-state index is 10.6. The molecule has 4 N–H and O–H groups in total. The largest absolute Gasteiger partial charge is 0.389 e. The Morgan fingerprint density at radius 2 is 1.77 bits per heavy atom. The Hall–Kier alpha value is -1.28. The highest BCUT2D eigenvalue weighted by Crippen LogP contribution is 2.31. The number of aliphatic hydroxyl groups is 4. The minimum absolute atomic E-state index is 0.499. The van der Waals surface area contributed by atoms with Gasteiger partial charge in [-0.1, -0.05) is 36.4 Å². The van der Waals surface area contributed by atoms with Crippen LogP contribution in [0.1, 0.15) is 11.5 Å². The molecule has 6 heteroatoms. The van der Waals surface area contributed by atoms with Gasteiger partial charge < -0.3 is 29.9 Å². The molecule has 2 rings (SSSR count). The molecule has 1 heterocycles. The van der Waals surface area contributed by atoms with Crippen LogP contribution in [0.15, 0.2) is 43.0 Å². The van der Waals surface area contributed by atoms with Gasteiger partial charge in [0.25, 0.3) is 0 Å². The number of hydrogen-bond acceptors (Lipinski definition) is 6. The number of methoxy groups -OCH3 is 1. The van der Waals surface area contributed by atoms with Crippen LogP contribution in [-0.2, 0) is 9.47 Å². The molecule has 0 saturated carbocycles. The van der Waals surface area contributed by atoms with Crippen LogP contribution in [0.5, 0.6) is 0 Å². The second kappa shape index (κ2) is 7.32. The first kappa shape index (κ1) is 17.1. The third kappa shape index (κ3) is 3.22. The molecule has 1 aromatic rings. The van der Waals surface area contributed by atoms with E-state index < -0.39 is 42.7 Å². The Kier molecular flexibility index (Phi) is 5.69. The van der Waals surface area contributed by atoms with Gasteiger partial charge in [-0.3, -0.25) is 0 Å². The van der Waals surface area contributed by atoms with Crippen molar-refractivity contribution in [2.75, 3.05) is 7.11 Å². The molecule has 0 radical (unpaired) electrons. The van der Waals surface area contributed by atoms with E-state index in [0.29, 0.717) is 0 Å². The molecule has 7 atom stereocenters. The third-order valence-corrected chi connectivity index (χ3v) is 3.98. The SMILES string of the molecule is C=CC(c1ccccc1)C(O)[C@H]1O[C@H](OC)[C@H](O)[C@@H](O)[C@H]1O. The van der Waals surface area contributed by atoms with E-state index in [2.05, 4.69) is 6.58 Å². The zero-order valence-corrected chi connectivity index (χ0v) is 12.3. The van der Waals surface area contributed by atoms with E-state index in [1.807, 2.05) is 30.3 Å². The average molecular weight is 310 g/mol. The van der Waals surface area contributed by atoms with Crippen LogP contribution in [0.3, 0.4) is 0 Å². The molecule has 1 fully saturated rings. The summed E-state index contributed by atoms with van der Waals surface area (Å²) in [5, 5.41) is 40.3. The van der Waals surface area contributed by atoms with Gasteiger partial charge in [-0.25, -0.2) is 0 Å². The van der Waals surface area contributed by atoms with Crippen molar-refractivity contribution in [2.24, 2.45) is 0 Å². The van der Waals surface area contributed by atoms with E-state index in [9.17, 15) is 20.4 Å². The van der Waals surface area contributed by atoms with Crippen molar-refractivity contribution < 1.29 is 29.9 Å². The Bertz CT molecular complexity index is 477. The Morgan fingerprint density at radius 1 is 1.14 bits per heavy atom. The molecule has 0 aromatic heterocycles. The summed E-state index contributed by atoms with van der Waals surface area (Å²) in [5.74, 6) is -0.499. The summed E-state index contributed by atoms with van der Waals surface area (Å²) in [6.07, 6.45) is -6.15. The first-order valence-corrected chi connectivity index (χ1v) is 7.09. The molecular weight excluding hydrogens is 288 g/mol. The Morgan fingerprint density at radius 3 is 2.32 bits per heavy atom. The lowest BCUT2D eigenvalue weighted by molar-refractivity contribution is -0.304.